The fourth-order valence-corrected chi connectivity index (χ4v) is 4.34. The van der Waals surface area contributed by atoms with Gasteiger partial charge in [0.2, 0.25) is 5.91 Å². The molecule has 6 heteroatoms. The van der Waals surface area contributed by atoms with Crippen molar-refractivity contribution in [3.63, 3.8) is 0 Å². The summed E-state index contributed by atoms with van der Waals surface area (Å²) in [5.41, 5.74) is 0. The van der Waals surface area contributed by atoms with Crippen molar-refractivity contribution in [1.82, 2.24) is 5.32 Å². The molecule has 0 spiro atoms. The predicted molar refractivity (Wildman–Crippen MR) is 184 cm³/mol. The summed E-state index contributed by atoms with van der Waals surface area (Å²) < 4.78 is 5.81. The Morgan fingerprint density at radius 3 is 1.82 bits per heavy atom. The summed E-state index contributed by atoms with van der Waals surface area (Å²) in [6.07, 6.45) is 43.2. The number of carbonyl (C=O) groups is 3. The Hall–Kier alpha value is -3.15. The van der Waals surface area contributed by atoms with Gasteiger partial charge >= 0.3 is 11.9 Å². The Kier molecular flexibility index (Phi) is 30.4. The zero-order chi connectivity index (χ0) is 32.4. The standard InChI is InChI=1S/C38H61NO5/c1-3-5-7-9-11-12-13-14-15-16-17-18-19-20-21-23-29-33-38(43)44-35(30-26-22-10-8-6-4-2)31-27-24-25-28-32-36(40)39-34-37(41)42/h5,7,11-12,14-15,17-18,20-21,26,30,35H,3-4,6,8-10,13,16,19,22-25,27-29,31-34H2,1-2H3,(H,39,40)(H,41,42)/b7-5-,12-11-,15-14-,18-17-,21-20-,30-26-. The second-order valence-corrected chi connectivity index (χ2v) is 11.0. The molecule has 6 nitrogen and oxygen atoms in total. The molecule has 2 N–H and O–H groups in total. The van der Waals surface area contributed by atoms with Crippen LogP contribution in [0, 0.1) is 0 Å². The molecule has 0 aromatic carbocycles. The van der Waals surface area contributed by atoms with E-state index in [0.29, 0.717) is 12.8 Å². The highest BCUT2D eigenvalue weighted by Gasteiger charge is 2.11. The van der Waals surface area contributed by atoms with Crippen LogP contribution in [0.4, 0.5) is 0 Å². The van der Waals surface area contributed by atoms with Gasteiger partial charge in [0, 0.05) is 12.8 Å². The van der Waals surface area contributed by atoms with E-state index in [1.165, 1.54) is 19.3 Å². The Labute approximate surface area is 268 Å². The molecule has 0 rings (SSSR count). The van der Waals surface area contributed by atoms with Crippen LogP contribution in [0.5, 0.6) is 0 Å². The van der Waals surface area contributed by atoms with E-state index in [1.807, 2.05) is 6.08 Å². The van der Waals surface area contributed by atoms with Gasteiger partial charge in [0.25, 0.3) is 0 Å². The second kappa shape index (κ2) is 32.8. The van der Waals surface area contributed by atoms with Crippen LogP contribution in [-0.2, 0) is 19.1 Å². The van der Waals surface area contributed by atoms with Crippen molar-refractivity contribution in [2.24, 2.45) is 0 Å². The third-order valence-electron chi connectivity index (χ3n) is 6.85. The zero-order valence-electron chi connectivity index (χ0n) is 27.7. The van der Waals surface area contributed by atoms with E-state index in [9.17, 15) is 14.4 Å². The van der Waals surface area contributed by atoms with Crippen LogP contribution in [0.2, 0.25) is 0 Å². The first kappa shape index (κ1) is 40.9. The largest absolute Gasteiger partial charge is 0.480 e. The molecule has 0 radical (unpaired) electrons. The molecular formula is C38H61NO5. The predicted octanol–water partition coefficient (Wildman–Crippen LogP) is 9.89. The fourth-order valence-electron chi connectivity index (χ4n) is 4.34. The molecule has 0 aliphatic heterocycles. The van der Waals surface area contributed by atoms with Gasteiger partial charge in [-0.2, -0.15) is 0 Å². The molecular weight excluding hydrogens is 550 g/mol. The van der Waals surface area contributed by atoms with Crippen molar-refractivity contribution in [2.75, 3.05) is 6.54 Å². The molecule has 0 aromatic rings. The number of aliphatic carboxylic acids is 1. The zero-order valence-corrected chi connectivity index (χ0v) is 27.7. The summed E-state index contributed by atoms with van der Waals surface area (Å²) in [6.45, 7) is 4.02. The van der Waals surface area contributed by atoms with Gasteiger partial charge in [0.15, 0.2) is 0 Å². The van der Waals surface area contributed by atoms with Crippen LogP contribution < -0.4 is 5.32 Å². The highest BCUT2D eigenvalue weighted by Crippen LogP contribution is 2.14. The lowest BCUT2D eigenvalue weighted by Gasteiger charge is -2.14. The normalized spacial score (nSPS) is 13.0. The van der Waals surface area contributed by atoms with Crippen LogP contribution in [0.3, 0.4) is 0 Å². The van der Waals surface area contributed by atoms with Crippen LogP contribution in [-0.4, -0.2) is 35.6 Å². The first-order chi connectivity index (χ1) is 21.5. The van der Waals surface area contributed by atoms with Crippen molar-refractivity contribution in [2.45, 2.75) is 142 Å². The summed E-state index contributed by atoms with van der Waals surface area (Å²) in [6, 6.07) is 0. The summed E-state index contributed by atoms with van der Waals surface area (Å²) in [5.74, 6) is -1.41. The minimum atomic E-state index is -1.04. The van der Waals surface area contributed by atoms with Crippen molar-refractivity contribution in [3.05, 3.63) is 72.9 Å². The molecule has 248 valence electrons. The molecule has 0 heterocycles. The topological polar surface area (TPSA) is 92.7 Å². The molecule has 0 bridgehead atoms. The van der Waals surface area contributed by atoms with Crippen molar-refractivity contribution in [3.8, 4) is 0 Å². The van der Waals surface area contributed by atoms with Gasteiger partial charge in [-0.25, -0.2) is 0 Å². The third kappa shape index (κ3) is 31.8. The molecule has 0 aliphatic rings. The fraction of sp³-hybridized carbons (Fsp3) is 0.605. The van der Waals surface area contributed by atoms with Gasteiger partial charge in [0.1, 0.15) is 12.6 Å². The lowest BCUT2D eigenvalue weighted by atomic mass is 10.1. The molecule has 1 amide bonds. The Balaban J connectivity index is 4.22. The molecule has 0 saturated carbocycles. The van der Waals surface area contributed by atoms with Crippen LogP contribution in [0.25, 0.3) is 0 Å². The van der Waals surface area contributed by atoms with Crippen LogP contribution in [0.1, 0.15) is 136 Å². The maximum atomic E-state index is 12.5. The number of nitrogens with one attached hydrogen (secondary N) is 1. The quantitative estimate of drug-likeness (QED) is 0.0499. The van der Waals surface area contributed by atoms with Gasteiger partial charge in [-0.1, -0.05) is 113 Å². The number of hydrogen-bond donors (Lipinski definition) is 2. The smallest absolute Gasteiger partial charge is 0.322 e. The lowest BCUT2D eigenvalue weighted by molar-refractivity contribution is -0.147. The molecule has 0 saturated heterocycles. The van der Waals surface area contributed by atoms with E-state index in [2.05, 4.69) is 86.0 Å². The van der Waals surface area contributed by atoms with Gasteiger partial charge < -0.3 is 15.2 Å². The highest BCUT2D eigenvalue weighted by molar-refractivity contribution is 5.80. The Bertz CT molecular complexity index is 897. The van der Waals surface area contributed by atoms with E-state index >= 15 is 0 Å². The number of carboxylic acid groups (broad SMARTS) is 1. The molecule has 0 fully saturated rings. The minimum absolute atomic E-state index is 0.145. The maximum absolute atomic E-state index is 12.5. The number of unbranched alkanes of at least 4 members (excludes halogenated alkanes) is 8. The number of ether oxygens (including phenoxy) is 1. The average molecular weight is 612 g/mol. The number of hydrogen-bond acceptors (Lipinski definition) is 4. The number of carbonyl (C=O) groups excluding carboxylic acids is 2. The van der Waals surface area contributed by atoms with E-state index in [0.717, 1.165) is 89.9 Å². The first-order valence-corrected chi connectivity index (χ1v) is 17.1. The SMILES string of the molecule is CC/C=C\C/C=C\C/C=C\C/C=C\C/C=C\CCCC(=O)OC(/C=C\CCCCCC)CCCCCCC(=O)NCC(=O)O. The molecule has 0 aromatic heterocycles. The Morgan fingerprint density at radius 1 is 0.636 bits per heavy atom. The lowest BCUT2D eigenvalue weighted by Crippen LogP contribution is -2.28. The van der Waals surface area contributed by atoms with Gasteiger partial charge in [-0.15, -0.1) is 0 Å². The summed E-state index contributed by atoms with van der Waals surface area (Å²) in [5, 5.41) is 11.0. The summed E-state index contributed by atoms with van der Waals surface area (Å²) in [7, 11) is 0. The van der Waals surface area contributed by atoms with E-state index in [-0.39, 0.29) is 24.5 Å². The Morgan fingerprint density at radius 2 is 1.20 bits per heavy atom. The van der Waals surface area contributed by atoms with Gasteiger partial charge in [-0.3, -0.25) is 14.4 Å². The summed E-state index contributed by atoms with van der Waals surface area (Å²) >= 11 is 0. The number of esters is 1. The highest BCUT2D eigenvalue weighted by atomic mass is 16.5. The van der Waals surface area contributed by atoms with Crippen molar-refractivity contribution in [1.29, 1.82) is 0 Å². The van der Waals surface area contributed by atoms with Crippen molar-refractivity contribution >= 4 is 17.8 Å². The molecule has 1 atom stereocenters. The van der Waals surface area contributed by atoms with E-state index in [1.54, 1.807) is 0 Å². The minimum Gasteiger partial charge on any atom is -0.480 e. The van der Waals surface area contributed by atoms with E-state index in [4.69, 9.17) is 9.84 Å². The number of rotatable bonds is 29. The van der Waals surface area contributed by atoms with Gasteiger partial charge in [0.05, 0.1) is 0 Å². The number of amides is 1. The second-order valence-electron chi connectivity index (χ2n) is 11.0. The number of carboxylic acids is 1. The van der Waals surface area contributed by atoms with Crippen LogP contribution >= 0.6 is 0 Å². The van der Waals surface area contributed by atoms with Crippen LogP contribution in [0.15, 0.2) is 72.9 Å². The average Bonchev–Trinajstić information content (AvgIpc) is 3.00. The monoisotopic (exact) mass is 611 g/mol. The number of allylic oxidation sites excluding steroid dienone is 11. The molecule has 0 aliphatic carbocycles. The summed E-state index contributed by atoms with van der Waals surface area (Å²) in [4.78, 5) is 34.7. The third-order valence-corrected chi connectivity index (χ3v) is 6.85. The first-order valence-electron chi connectivity index (χ1n) is 17.1. The maximum Gasteiger partial charge on any atom is 0.322 e. The molecule has 44 heavy (non-hydrogen) atoms. The van der Waals surface area contributed by atoms with E-state index < -0.39 is 5.97 Å². The van der Waals surface area contributed by atoms with Gasteiger partial charge in [-0.05, 0) is 83.1 Å². The van der Waals surface area contributed by atoms with Crippen molar-refractivity contribution < 1.29 is 24.2 Å². The molecule has 1 unspecified atom stereocenters.